The molecule has 1 fully saturated rings. The quantitative estimate of drug-likeness (QED) is 0.620. The van der Waals surface area contributed by atoms with Gasteiger partial charge in [-0.15, -0.1) is 0 Å². The van der Waals surface area contributed by atoms with E-state index in [1.165, 1.54) is 28.6 Å². The molecule has 5 nitrogen and oxygen atoms in total. The third-order valence-corrected chi connectivity index (χ3v) is 6.06. The lowest BCUT2D eigenvalue weighted by atomic mass is 10.1. The number of hydrogen-bond acceptors (Lipinski definition) is 3. The van der Waals surface area contributed by atoms with E-state index >= 15 is 0 Å². The number of nitrogens with one attached hydrogen (secondary N) is 1. The van der Waals surface area contributed by atoms with Gasteiger partial charge in [0.2, 0.25) is 0 Å². The van der Waals surface area contributed by atoms with E-state index in [0.717, 1.165) is 31.6 Å². The van der Waals surface area contributed by atoms with Gasteiger partial charge in [0.05, 0.1) is 28.7 Å². The summed E-state index contributed by atoms with van der Waals surface area (Å²) in [5, 5.41) is 7.22. The van der Waals surface area contributed by atoms with E-state index in [1.807, 2.05) is 18.2 Å². The highest BCUT2D eigenvalue weighted by Gasteiger charge is 2.31. The maximum atomic E-state index is 13.0. The molecule has 1 amide bonds. The van der Waals surface area contributed by atoms with Crippen LogP contribution in [0, 0.1) is 6.92 Å². The number of rotatable bonds is 5. The Balaban J connectivity index is 1.44. The zero-order valence-electron chi connectivity index (χ0n) is 17.9. The Labute approximate surface area is 184 Å². The van der Waals surface area contributed by atoms with E-state index in [9.17, 15) is 18.0 Å². The standard InChI is InChI=1S/C24H25F3N4O/c1-16(18-7-4-3-5-8-18)30-12-11-20(15-30)29-23(32)22-14-28-31(17(22)2)21-10-6-9-19(13-21)24(25,26)27/h3-10,13-14,16,20H,11-12,15H2,1-2H3,(H,29,32). The summed E-state index contributed by atoms with van der Waals surface area (Å²) in [5.41, 5.74) is 1.60. The van der Waals surface area contributed by atoms with Gasteiger partial charge in [0.25, 0.3) is 5.91 Å². The van der Waals surface area contributed by atoms with Gasteiger partial charge >= 0.3 is 6.18 Å². The minimum absolute atomic E-state index is 0.00460. The normalized spacial score (nSPS) is 18.0. The summed E-state index contributed by atoms with van der Waals surface area (Å²) < 4.78 is 40.5. The molecule has 8 heteroatoms. The molecule has 168 valence electrons. The number of likely N-dealkylation sites (tertiary alicyclic amines) is 1. The van der Waals surface area contributed by atoms with E-state index in [1.54, 1.807) is 6.92 Å². The number of alkyl halides is 3. The van der Waals surface area contributed by atoms with Crippen LogP contribution >= 0.6 is 0 Å². The number of benzene rings is 2. The highest BCUT2D eigenvalue weighted by molar-refractivity contribution is 5.95. The van der Waals surface area contributed by atoms with Gasteiger partial charge in [0.15, 0.2) is 0 Å². The van der Waals surface area contributed by atoms with Gasteiger partial charge in [-0.05, 0) is 44.0 Å². The second kappa shape index (κ2) is 8.78. The molecule has 0 spiro atoms. The SMILES string of the molecule is Cc1c(C(=O)NC2CCN(C(C)c3ccccc3)C2)cnn1-c1cccc(C(F)(F)F)c1. The summed E-state index contributed by atoms with van der Waals surface area (Å²) in [6.45, 7) is 5.45. The lowest BCUT2D eigenvalue weighted by molar-refractivity contribution is -0.137. The first-order valence-electron chi connectivity index (χ1n) is 10.6. The topological polar surface area (TPSA) is 50.2 Å². The third-order valence-electron chi connectivity index (χ3n) is 6.06. The Morgan fingerprint density at radius 3 is 2.62 bits per heavy atom. The second-order valence-electron chi connectivity index (χ2n) is 8.14. The van der Waals surface area contributed by atoms with E-state index in [-0.39, 0.29) is 23.7 Å². The molecule has 2 atom stereocenters. The summed E-state index contributed by atoms with van der Waals surface area (Å²) in [5.74, 6) is -0.264. The average molecular weight is 442 g/mol. The number of carbonyl (C=O) groups is 1. The molecule has 1 N–H and O–H groups in total. The minimum atomic E-state index is -4.44. The van der Waals surface area contributed by atoms with Crippen LogP contribution in [-0.4, -0.2) is 39.7 Å². The average Bonchev–Trinajstić information content (AvgIpc) is 3.40. The third kappa shape index (κ3) is 4.55. The summed E-state index contributed by atoms with van der Waals surface area (Å²) in [4.78, 5) is 15.2. The van der Waals surface area contributed by atoms with Crippen molar-refractivity contribution in [2.45, 2.75) is 38.5 Å². The van der Waals surface area contributed by atoms with Crippen LogP contribution in [0.2, 0.25) is 0 Å². The molecule has 0 aliphatic carbocycles. The highest BCUT2D eigenvalue weighted by Crippen LogP contribution is 2.30. The Morgan fingerprint density at radius 1 is 1.16 bits per heavy atom. The van der Waals surface area contributed by atoms with Crippen LogP contribution in [0.1, 0.15) is 46.6 Å². The molecule has 1 aliphatic heterocycles. The van der Waals surface area contributed by atoms with Crippen molar-refractivity contribution < 1.29 is 18.0 Å². The molecule has 2 unspecified atom stereocenters. The lowest BCUT2D eigenvalue weighted by Gasteiger charge is -2.24. The number of aromatic nitrogens is 2. The van der Waals surface area contributed by atoms with Crippen molar-refractivity contribution in [3.8, 4) is 5.69 Å². The largest absolute Gasteiger partial charge is 0.416 e. The molecule has 1 aliphatic rings. The van der Waals surface area contributed by atoms with Gasteiger partial charge in [-0.2, -0.15) is 18.3 Å². The number of amides is 1. The number of halogens is 3. The lowest BCUT2D eigenvalue weighted by Crippen LogP contribution is -2.37. The monoisotopic (exact) mass is 442 g/mol. The molecule has 2 heterocycles. The van der Waals surface area contributed by atoms with Gasteiger partial charge in [0, 0.05) is 25.2 Å². The molecule has 0 radical (unpaired) electrons. The molecular formula is C24H25F3N4O. The predicted molar refractivity (Wildman–Crippen MR) is 116 cm³/mol. The van der Waals surface area contributed by atoms with Crippen LogP contribution in [0.15, 0.2) is 60.8 Å². The van der Waals surface area contributed by atoms with Crippen molar-refractivity contribution >= 4 is 5.91 Å². The molecule has 2 aromatic carbocycles. The fraction of sp³-hybridized carbons (Fsp3) is 0.333. The van der Waals surface area contributed by atoms with Crippen molar-refractivity contribution in [3.63, 3.8) is 0 Å². The van der Waals surface area contributed by atoms with Gasteiger partial charge in [-0.1, -0.05) is 36.4 Å². The maximum absolute atomic E-state index is 13.0. The van der Waals surface area contributed by atoms with Crippen molar-refractivity contribution in [2.75, 3.05) is 13.1 Å². The van der Waals surface area contributed by atoms with Crippen molar-refractivity contribution in [3.05, 3.63) is 83.2 Å². The van der Waals surface area contributed by atoms with Crippen LogP contribution in [0.4, 0.5) is 13.2 Å². The van der Waals surface area contributed by atoms with Crippen LogP contribution in [0.3, 0.4) is 0 Å². The first-order chi connectivity index (χ1) is 15.2. The highest BCUT2D eigenvalue weighted by atomic mass is 19.4. The Kier molecular flexibility index (Phi) is 6.06. The fourth-order valence-corrected chi connectivity index (χ4v) is 4.17. The van der Waals surface area contributed by atoms with Gasteiger partial charge in [-0.3, -0.25) is 9.69 Å². The second-order valence-corrected chi connectivity index (χ2v) is 8.14. The van der Waals surface area contributed by atoms with Crippen molar-refractivity contribution in [1.29, 1.82) is 0 Å². The van der Waals surface area contributed by atoms with E-state index in [4.69, 9.17) is 0 Å². The first-order valence-corrected chi connectivity index (χ1v) is 10.6. The van der Waals surface area contributed by atoms with Crippen LogP contribution in [0.25, 0.3) is 5.69 Å². The number of carbonyl (C=O) groups excluding carboxylic acids is 1. The minimum Gasteiger partial charge on any atom is -0.348 e. The van der Waals surface area contributed by atoms with Crippen LogP contribution in [-0.2, 0) is 6.18 Å². The van der Waals surface area contributed by atoms with Crippen LogP contribution in [0.5, 0.6) is 0 Å². The van der Waals surface area contributed by atoms with E-state index in [0.29, 0.717) is 11.3 Å². The predicted octanol–water partition coefficient (Wildman–Crippen LogP) is 4.76. The molecule has 1 aromatic heterocycles. The summed E-state index contributed by atoms with van der Waals surface area (Å²) in [6.07, 6.45) is -2.20. The zero-order chi connectivity index (χ0) is 22.9. The molecule has 4 rings (SSSR count). The van der Waals surface area contributed by atoms with Crippen LogP contribution < -0.4 is 5.32 Å². The Morgan fingerprint density at radius 2 is 1.91 bits per heavy atom. The summed E-state index contributed by atoms with van der Waals surface area (Å²) in [7, 11) is 0. The summed E-state index contributed by atoms with van der Waals surface area (Å²) in [6, 6.07) is 15.4. The number of hydrogen-bond donors (Lipinski definition) is 1. The molecule has 0 bridgehead atoms. The summed E-state index contributed by atoms with van der Waals surface area (Å²) >= 11 is 0. The molecule has 0 saturated carbocycles. The van der Waals surface area contributed by atoms with E-state index in [2.05, 4.69) is 34.4 Å². The maximum Gasteiger partial charge on any atom is 0.416 e. The number of nitrogens with zero attached hydrogens (tertiary/aromatic N) is 3. The molecule has 1 saturated heterocycles. The first kappa shape index (κ1) is 22.1. The molecular weight excluding hydrogens is 417 g/mol. The van der Waals surface area contributed by atoms with Gasteiger partial charge in [0.1, 0.15) is 0 Å². The smallest absolute Gasteiger partial charge is 0.348 e. The molecule has 3 aromatic rings. The van der Waals surface area contributed by atoms with Crippen molar-refractivity contribution in [1.82, 2.24) is 20.0 Å². The van der Waals surface area contributed by atoms with Crippen molar-refractivity contribution in [2.24, 2.45) is 0 Å². The molecule has 32 heavy (non-hydrogen) atoms. The van der Waals surface area contributed by atoms with Gasteiger partial charge in [-0.25, -0.2) is 4.68 Å². The Bertz CT molecular complexity index is 1090. The Hall–Kier alpha value is -3.13. The van der Waals surface area contributed by atoms with E-state index < -0.39 is 11.7 Å². The zero-order valence-corrected chi connectivity index (χ0v) is 17.9. The fourth-order valence-electron chi connectivity index (χ4n) is 4.17. The van der Waals surface area contributed by atoms with Gasteiger partial charge < -0.3 is 5.32 Å².